The minimum atomic E-state index is 0.494. The van der Waals surface area contributed by atoms with E-state index in [1.165, 1.54) is 0 Å². The highest BCUT2D eigenvalue weighted by Crippen LogP contribution is 2.29. The Morgan fingerprint density at radius 2 is 1.74 bits per heavy atom. The Bertz CT molecular complexity index is 1030. The minimum Gasteiger partial charge on any atom is -0.497 e. The molecule has 0 saturated carbocycles. The van der Waals surface area contributed by atoms with Crippen LogP contribution in [0.1, 0.15) is 18.6 Å². The Morgan fingerprint density at radius 3 is 2.42 bits per heavy atom. The first-order valence-corrected chi connectivity index (χ1v) is 10.5. The highest BCUT2D eigenvalue weighted by atomic mass is 16.5. The van der Waals surface area contributed by atoms with Crippen LogP contribution >= 0.6 is 0 Å². The van der Waals surface area contributed by atoms with Gasteiger partial charge in [-0.25, -0.2) is 9.97 Å². The van der Waals surface area contributed by atoms with Crippen LogP contribution < -0.4 is 15.0 Å². The lowest BCUT2D eigenvalue weighted by Crippen LogP contribution is -2.45. The van der Waals surface area contributed by atoms with Crippen LogP contribution in [0, 0.1) is 6.92 Å². The molecule has 9 heteroatoms. The Labute approximate surface area is 182 Å². The van der Waals surface area contributed by atoms with Crippen molar-refractivity contribution in [2.75, 3.05) is 50.6 Å². The van der Waals surface area contributed by atoms with Gasteiger partial charge in [-0.15, -0.1) is 0 Å². The van der Waals surface area contributed by atoms with E-state index in [9.17, 15) is 0 Å². The third-order valence-corrected chi connectivity index (χ3v) is 5.31. The van der Waals surface area contributed by atoms with Crippen LogP contribution in [0.2, 0.25) is 0 Å². The molecule has 162 valence electrons. The number of aryl methyl sites for hydroxylation is 2. The average Bonchev–Trinajstić information content (AvgIpc) is 2.79. The Kier molecular flexibility index (Phi) is 6.22. The number of anilines is 3. The topological polar surface area (TPSA) is 92.2 Å². The van der Waals surface area contributed by atoms with Crippen LogP contribution in [0.3, 0.4) is 0 Å². The molecule has 0 spiro atoms. The second-order valence-electron chi connectivity index (χ2n) is 7.55. The average molecular weight is 421 g/mol. The van der Waals surface area contributed by atoms with E-state index < -0.39 is 0 Å². The molecule has 1 aliphatic rings. The molecule has 2 aromatic heterocycles. The van der Waals surface area contributed by atoms with Crippen molar-refractivity contribution in [3.05, 3.63) is 42.1 Å². The van der Waals surface area contributed by atoms with Crippen molar-refractivity contribution >= 4 is 17.7 Å². The van der Waals surface area contributed by atoms with Gasteiger partial charge in [-0.05, 0) is 31.7 Å². The van der Waals surface area contributed by atoms with E-state index in [-0.39, 0.29) is 0 Å². The van der Waals surface area contributed by atoms with Crippen molar-refractivity contribution < 1.29 is 4.74 Å². The summed E-state index contributed by atoms with van der Waals surface area (Å²) in [6.45, 7) is 7.68. The predicted octanol–water partition coefficient (Wildman–Crippen LogP) is 2.70. The number of piperazine rings is 1. The van der Waals surface area contributed by atoms with Gasteiger partial charge in [-0.1, -0.05) is 19.1 Å². The molecule has 0 aliphatic carbocycles. The van der Waals surface area contributed by atoms with Gasteiger partial charge in [-0.3, -0.25) is 0 Å². The lowest BCUT2D eigenvalue weighted by molar-refractivity contribution is 0.311. The molecule has 31 heavy (non-hydrogen) atoms. The molecule has 1 aromatic carbocycles. The largest absolute Gasteiger partial charge is 0.497 e. The maximum absolute atomic E-state index is 5.27. The molecule has 0 atom stereocenters. The van der Waals surface area contributed by atoms with Crippen molar-refractivity contribution in [2.24, 2.45) is 0 Å². The zero-order valence-corrected chi connectivity index (χ0v) is 18.5. The molecule has 9 nitrogen and oxygen atoms in total. The zero-order valence-electron chi connectivity index (χ0n) is 18.5. The molecule has 1 saturated heterocycles. The van der Waals surface area contributed by atoms with Crippen LogP contribution in [-0.2, 0) is 6.42 Å². The lowest BCUT2D eigenvalue weighted by atomic mass is 10.1. The SMILES string of the molecule is CCc1nc(Nc2nc(C)ncc2-c2ccc(OC)cc2)nc(N2CCN(C)CC2)n1. The van der Waals surface area contributed by atoms with E-state index in [4.69, 9.17) is 9.72 Å². The summed E-state index contributed by atoms with van der Waals surface area (Å²) in [6.07, 6.45) is 2.54. The summed E-state index contributed by atoms with van der Waals surface area (Å²) in [4.78, 5) is 27.5. The molecule has 0 radical (unpaired) electrons. The highest BCUT2D eigenvalue weighted by Gasteiger charge is 2.19. The Hall–Kier alpha value is -3.33. The predicted molar refractivity (Wildman–Crippen MR) is 121 cm³/mol. The van der Waals surface area contributed by atoms with Crippen LogP contribution in [0.5, 0.6) is 5.75 Å². The fourth-order valence-corrected chi connectivity index (χ4v) is 3.42. The van der Waals surface area contributed by atoms with Crippen LogP contribution in [0.15, 0.2) is 30.5 Å². The van der Waals surface area contributed by atoms with Gasteiger partial charge in [0, 0.05) is 44.4 Å². The number of hydrogen-bond donors (Lipinski definition) is 1. The molecule has 1 fully saturated rings. The second kappa shape index (κ2) is 9.22. The van der Waals surface area contributed by atoms with Crippen molar-refractivity contribution in [3.8, 4) is 16.9 Å². The zero-order chi connectivity index (χ0) is 21.8. The number of benzene rings is 1. The molecule has 0 bridgehead atoms. The van der Waals surface area contributed by atoms with E-state index in [0.717, 1.165) is 55.3 Å². The smallest absolute Gasteiger partial charge is 0.233 e. The maximum atomic E-state index is 5.27. The summed E-state index contributed by atoms with van der Waals surface area (Å²) in [5.41, 5.74) is 1.85. The van der Waals surface area contributed by atoms with Gasteiger partial charge in [0.2, 0.25) is 11.9 Å². The molecule has 1 N–H and O–H groups in total. The van der Waals surface area contributed by atoms with Crippen LogP contribution in [-0.4, -0.2) is 70.2 Å². The summed E-state index contributed by atoms with van der Waals surface area (Å²) in [7, 11) is 3.79. The van der Waals surface area contributed by atoms with Crippen LogP contribution in [0.4, 0.5) is 17.7 Å². The maximum Gasteiger partial charge on any atom is 0.233 e. The number of rotatable bonds is 6. The monoisotopic (exact) mass is 420 g/mol. The molecule has 1 aliphatic heterocycles. The fourth-order valence-electron chi connectivity index (χ4n) is 3.42. The standard InChI is InChI=1S/C22H28N8O/c1-5-19-25-21(28-22(26-19)30-12-10-29(3)11-13-30)27-20-18(14-23-15(2)24-20)16-6-8-17(31-4)9-7-16/h6-9,14H,5,10-13H2,1-4H3,(H,23,24,25,26,27,28). The van der Waals surface area contributed by atoms with Gasteiger partial charge in [0.05, 0.1) is 7.11 Å². The first kappa shape index (κ1) is 20.9. The molecule has 3 aromatic rings. The quantitative estimate of drug-likeness (QED) is 0.646. The highest BCUT2D eigenvalue weighted by molar-refractivity contribution is 5.77. The summed E-state index contributed by atoms with van der Waals surface area (Å²) < 4.78 is 5.27. The number of nitrogens with zero attached hydrogens (tertiary/aromatic N) is 7. The van der Waals surface area contributed by atoms with Gasteiger partial charge in [0.1, 0.15) is 23.2 Å². The van der Waals surface area contributed by atoms with Crippen molar-refractivity contribution in [1.82, 2.24) is 29.8 Å². The van der Waals surface area contributed by atoms with E-state index >= 15 is 0 Å². The minimum absolute atomic E-state index is 0.494. The van der Waals surface area contributed by atoms with Gasteiger partial charge in [0.15, 0.2) is 0 Å². The fraction of sp³-hybridized carbons (Fsp3) is 0.409. The molecule has 4 rings (SSSR count). The summed E-state index contributed by atoms with van der Waals surface area (Å²) >= 11 is 0. The molecule has 0 unspecified atom stereocenters. The number of hydrogen-bond acceptors (Lipinski definition) is 9. The number of methoxy groups -OCH3 is 1. The van der Waals surface area contributed by atoms with E-state index in [1.807, 2.05) is 44.3 Å². The third kappa shape index (κ3) is 4.88. The third-order valence-electron chi connectivity index (χ3n) is 5.31. The first-order chi connectivity index (χ1) is 15.1. The first-order valence-electron chi connectivity index (χ1n) is 10.5. The summed E-state index contributed by atoms with van der Waals surface area (Å²) in [5.74, 6) is 4.09. The van der Waals surface area contributed by atoms with Gasteiger partial charge < -0.3 is 19.9 Å². The molecular formula is C22H28N8O. The van der Waals surface area contributed by atoms with E-state index in [1.54, 1.807) is 7.11 Å². The normalized spacial score (nSPS) is 14.5. The van der Waals surface area contributed by atoms with Crippen molar-refractivity contribution in [1.29, 1.82) is 0 Å². The summed E-state index contributed by atoms with van der Waals surface area (Å²) in [5, 5.41) is 3.32. The van der Waals surface area contributed by atoms with Gasteiger partial charge in [0.25, 0.3) is 0 Å². The Balaban J connectivity index is 1.67. The van der Waals surface area contributed by atoms with Crippen molar-refractivity contribution in [3.63, 3.8) is 0 Å². The molecule has 0 amide bonds. The van der Waals surface area contributed by atoms with Crippen LogP contribution in [0.25, 0.3) is 11.1 Å². The second-order valence-corrected chi connectivity index (χ2v) is 7.55. The van der Waals surface area contributed by atoms with Crippen molar-refractivity contribution in [2.45, 2.75) is 20.3 Å². The molecular weight excluding hydrogens is 392 g/mol. The summed E-state index contributed by atoms with van der Waals surface area (Å²) in [6, 6.07) is 7.81. The van der Waals surface area contributed by atoms with Gasteiger partial charge >= 0.3 is 0 Å². The molecule has 3 heterocycles. The van der Waals surface area contributed by atoms with E-state index in [2.05, 4.69) is 42.1 Å². The Morgan fingerprint density at radius 1 is 1.00 bits per heavy atom. The number of ether oxygens (including phenoxy) is 1. The number of nitrogens with one attached hydrogen (secondary N) is 1. The number of likely N-dealkylation sites (N-methyl/N-ethyl adjacent to an activating group) is 1. The van der Waals surface area contributed by atoms with Gasteiger partial charge in [-0.2, -0.15) is 15.0 Å². The lowest BCUT2D eigenvalue weighted by Gasteiger charge is -2.32. The number of aromatic nitrogens is 5. The van der Waals surface area contributed by atoms with E-state index in [0.29, 0.717) is 23.5 Å².